The number of esters is 1. The van der Waals surface area contributed by atoms with E-state index in [0.717, 1.165) is 30.0 Å². The summed E-state index contributed by atoms with van der Waals surface area (Å²) in [5.41, 5.74) is -0.588. The highest BCUT2D eigenvalue weighted by molar-refractivity contribution is 7.99. The van der Waals surface area contributed by atoms with Gasteiger partial charge >= 0.3 is 5.97 Å². The summed E-state index contributed by atoms with van der Waals surface area (Å²) in [5, 5.41) is 4.06. The molecule has 0 aliphatic rings. The first-order valence-electron chi connectivity index (χ1n) is 6.87. The third-order valence-corrected chi connectivity index (χ3v) is 4.18. The van der Waals surface area contributed by atoms with Crippen LogP contribution in [0.15, 0.2) is 23.6 Å². The average Bonchev–Trinajstić information content (AvgIpc) is 2.48. The fourth-order valence-corrected chi connectivity index (χ4v) is 2.58. The number of aromatic nitrogens is 2. The average molecular weight is 297 g/mol. The summed E-state index contributed by atoms with van der Waals surface area (Å²) in [7, 11) is 1.80. The highest BCUT2D eigenvalue weighted by Gasteiger charge is 2.32. The topological polar surface area (TPSA) is 64.1 Å². The highest BCUT2D eigenvalue weighted by Crippen LogP contribution is 2.19. The van der Waals surface area contributed by atoms with Crippen molar-refractivity contribution in [3.05, 3.63) is 18.6 Å². The van der Waals surface area contributed by atoms with Gasteiger partial charge in [-0.25, -0.2) is 9.97 Å². The van der Waals surface area contributed by atoms with Gasteiger partial charge in [0.1, 0.15) is 11.9 Å². The summed E-state index contributed by atoms with van der Waals surface area (Å²) >= 11 is 1.71. The molecule has 1 heterocycles. The number of carbonyl (C=O) groups is 1. The highest BCUT2D eigenvalue weighted by atomic mass is 32.2. The molecule has 0 aromatic carbocycles. The summed E-state index contributed by atoms with van der Waals surface area (Å²) in [4.78, 5) is 19.9. The second-order valence-corrected chi connectivity index (χ2v) is 5.77. The number of carbonyl (C=O) groups excluding carboxylic acids is 1. The van der Waals surface area contributed by atoms with Crippen LogP contribution in [0.25, 0.3) is 0 Å². The number of thioether (sulfide) groups is 1. The van der Waals surface area contributed by atoms with Crippen molar-refractivity contribution in [3.63, 3.8) is 0 Å². The van der Waals surface area contributed by atoms with Crippen molar-refractivity contribution in [3.8, 4) is 0 Å². The lowest BCUT2D eigenvalue weighted by Crippen LogP contribution is -2.48. The maximum Gasteiger partial charge on any atom is 0.326 e. The molecule has 0 aliphatic heterocycles. The lowest BCUT2D eigenvalue weighted by atomic mass is 9.95. The summed E-state index contributed by atoms with van der Waals surface area (Å²) in [6.07, 6.45) is 6.07. The molecule has 1 N–H and O–H groups in total. The van der Waals surface area contributed by atoms with Crippen molar-refractivity contribution in [2.24, 2.45) is 0 Å². The van der Waals surface area contributed by atoms with E-state index in [0.29, 0.717) is 6.61 Å². The van der Waals surface area contributed by atoms with Gasteiger partial charge < -0.3 is 10.1 Å². The van der Waals surface area contributed by atoms with Crippen molar-refractivity contribution < 1.29 is 9.53 Å². The van der Waals surface area contributed by atoms with Gasteiger partial charge in [-0.1, -0.05) is 6.42 Å². The minimum Gasteiger partial charge on any atom is -0.465 e. The zero-order valence-electron chi connectivity index (χ0n) is 12.4. The fourth-order valence-electron chi connectivity index (χ4n) is 1.74. The Hall–Kier alpha value is -1.14. The second kappa shape index (κ2) is 8.92. The predicted molar refractivity (Wildman–Crippen MR) is 80.7 cm³/mol. The Balaban J connectivity index is 2.26. The van der Waals surface area contributed by atoms with E-state index < -0.39 is 5.54 Å². The number of nitrogens with one attached hydrogen (secondary N) is 1. The van der Waals surface area contributed by atoms with Gasteiger partial charge in [-0.3, -0.25) is 4.79 Å². The molecule has 0 radical (unpaired) electrons. The first kappa shape index (κ1) is 16.9. The number of hydrogen-bond donors (Lipinski definition) is 1. The third kappa shape index (κ3) is 5.46. The van der Waals surface area contributed by atoms with Crippen LogP contribution in [0, 0.1) is 0 Å². The van der Waals surface area contributed by atoms with E-state index in [1.807, 2.05) is 19.9 Å². The summed E-state index contributed by atoms with van der Waals surface area (Å²) in [5.74, 6) is 0.811. The molecule has 0 saturated carbocycles. The van der Waals surface area contributed by atoms with Crippen LogP contribution in [0.3, 0.4) is 0 Å². The predicted octanol–water partition coefficient (Wildman–Crippen LogP) is 2.28. The standard InChI is InChI=1S/C14H23N3O2S/c1-4-19-13(18)14(2,15-3)8-5-6-10-20-12-7-9-16-11-17-12/h7,9,11,15H,4-6,8,10H2,1-3H3. The van der Waals surface area contributed by atoms with Crippen LogP contribution in [0.2, 0.25) is 0 Å². The first-order chi connectivity index (χ1) is 9.62. The van der Waals surface area contributed by atoms with E-state index in [2.05, 4.69) is 15.3 Å². The zero-order chi connectivity index (χ0) is 14.8. The Labute approximate surface area is 124 Å². The van der Waals surface area contributed by atoms with E-state index in [1.165, 1.54) is 0 Å². The Morgan fingerprint density at radius 1 is 1.50 bits per heavy atom. The summed E-state index contributed by atoms with van der Waals surface area (Å²) in [6, 6.07) is 1.90. The van der Waals surface area contributed by atoms with Crippen molar-refractivity contribution >= 4 is 17.7 Å². The largest absolute Gasteiger partial charge is 0.465 e. The molecule has 20 heavy (non-hydrogen) atoms. The lowest BCUT2D eigenvalue weighted by Gasteiger charge is -2.26. The lowest BCUT2D eigenvalue weighted by molar-refractivity contribution is -0.150. The monoisotopic (exact) mass is 297 g/mol. The van der Waals surface area contributed by atoms with E-state index >= 15 is 0 Å². The Morgan fingerprint density at radius 3 is 2.90 bits per heavy atom. The SMILES string of the molecule is CCOC(=O)C(C)(CCCCSc1ccncn1)NC. The molecule has 0 aliphatic carbocycles. The number of ether oxygens (including phenoxy) is 1. The minimum atomic E-state index is -0.588. The van der Waals surface area contributed by atoms with E-state index in [1.54, 1.807) is 31.3 Å². The van der Waals surface area contributed by atoms with Crippen molar-refractivity contribution in [2.75, 3.05) is 19.4 Å². The quantitative estimate of drug-likeness (QED) is 0.326. The molecule has 1 aromatic heterocycles. The number of likely N-dealkylation sites (N-methyl/N-ethyl adjacent to an activating group) is 1. The molecular formula is C14H23N3O2S. The molecule has 112 valence electrons. The van der Waals surface area contributed by atoms with E-state index in [4.69, 9.17) is 4.74 Å². The zero-order valence-corrected chi connectivity index (χ0v) is 13.2. The number of rotatable bonds is 9. The van der Waals surface area contributed by atoms with Crippen molar-refractivity contribution in [2.45, 2.75) is 43.7 Å². The Bertz CT molecular complexity index is 403. The second-order valence-electron chi connectivity index (χ2n) is 4.66. The van der Waals surface area contributed by atoms with Gasteiger partial charge in [0, 0.05) is 6.20 Å². The van der Waals surface area contributed by atoms with E-state index in [-0.39, 0.29) is 5.97 Å². The molecule has 1 aromatic rings. The van der Waals surface area contributed by atoms with Gasteiger partial charge in [0.05, 0.1) is 11.6 Å². The number of unbranched alkanes of at least 4 members (excludes halogenated alkanes) is 1. The molecular weight excluding hydrogens is 274 g/mol. The van der Waals surface area contributed by atoms with Crippen LogP contribution in [0.4, 0.5) is 0 Å². The van der Waals surface area contributed by atoms with Crippen LogP contribution in [-0.2, 0) is 9.53 Å². The van der Waals surface area contributed by atoms with Crippen LogP contribution in [0.5, 0.6) is 0 Å². The molecule has 0 bridgehead atoms. The molecule has 6 heteroatoms. The van der Waals surface area contributed by atoms with Crippen LogP contribution < -0.4 is 5.32 Å². The minimum absolute atomic E-state index is 0.175. The van der Waals surface area contributed by atoms with Gasteiger partial charge in [-0.2, -0.15) is 0 Å². The number of hydrogen-bond acceptors (Lipinski definition) is 6. The maximum absolute atomic E-state index is 11.9. The molecule has 0 amide bonds. The van der Waals surface area contributed by atoms with Gasteiger partial charge in [-0.05, 0) is 45.6 Å². The smallest absolute Gasteiger partial charge is 0.326 e. The van der Waals surface area contributed by atoms with Crippen LogP contribution in [-0.4, -0.2) is 40.9 Å². The van der Waals surface area contributed by atoms with Crippen LogP contribution >= 0.6 is 11.8 Å². The van der Waals surface area contributed by atoms with Gasteiger partial charge in [0.2, 0.25) is 0 Å². The number of nitrogens with zero attached hydrogens (tertiary/aromatic N) is 2. The molecule has 5 nitrogen and oxygen atoms in total. The molecule has 1 rings (SSSR count). The molecule has 1 atom stereocenters. The first-order valence-corrected chi connectivity index (χ1v) is 7.86. The molecule has 0 fully saturated rings. The maximum atomic E-state index is 11.9. The Kier molecular flexibility index (Phi) is 7.54. The Morgan fingerprint density at radius 2 is 2.30 bits per heavy atom. The van der Waals surface area contributed by atoms with Crippen molar-refractivity contribution in [1.29, 1.82) is 0 Å². The molecule has 0 spiro atoms. The fraction of sp³-hybridized carbons (Fsp3) is 0.643. The van der Waals surface area contributed by atoms with Crippen LogP contribution in [0.1, 0.15) is 33.1 Å². The molecule has 1 unspecified atom stereocenters. The van der Waals surface area contributed by atoms with Gasteiger partial charge in [0.15, 0.2) is 0 Å². The normalized spacial score (nSPS) is 13.8. The van der Waals surface area contributed by atoms with E-state index in [9.17, 15) is 4.79 Å². The summed E-state index contributed by atoms with van der Waals surface area (Å²) < 4.78 is 5.10. The van der Waals surface area contributed by atoms with Gasteiger partial charge in [0.25, 0.3) is 0 Å². The third-order valence-electron chi connectivity index (χ3n) is 3.15. The van der Waals surface area contributed by atoms with Gasteiger partial charge in [-0.15, -0.1) is 11.8 Å². The summed E-state index contributed by atoms with van der Waals surface area (Å²) in [6.45, 7) is 4.13. The molecule has 0 saturated heterocycles. The van der Waals surface area contributed by atoms with Crippen molar-refractivity contribution in [1.82, 2.24) is 15.3 Å².